The number of aromatic nitrogens is 2. The van der Waals surface area contributed by atoms with E-state index in [0.717, 1.165) is 17.2 Å². The topological polar surface area (TPSA) is 27.0 Å². The molecule has 0 fully saturated rings. The van der Waals surface area contributed by atoms with Crippen LogP contribution in [0.3, 0.4) is 0 Å². The fraction of sp³-hybridized carbons (Fsp3) is 0.800. The van der Waals surface area contributed by atoms with Crippen molar-refractivity contribution in [3.8, 4) is 0 Å². The third-order valence-corrected chi connectivity index (χ3v) is 2.75. The van der Waals surface area contributed by atoms with Gasteiger partial charge < -0.3 is 9.97 Å². The summed E-state index contributed by atoms with van der Waals surface area (Å²) < 4.78 is 0. The predicted octanol–water partition coefficient (Wildman–Crippen LogP) is 3.93. The van der Waals surface area contributed by atoms with Crippen molar-refractivity contribution in [2.75, 3.05) is 0 Å². The third kappa shape index (κ3) is 3.96. The molecule has 0 atom stereocenters. The first-order valence-corrected chi connectivity index (χ1v) is 6.39. The summed E-state index contributed by atoms with van der Waals surface area (Å²) in [7, 11) is 0. The fourth-order valence-corrected chi connectivity index (χ4v) is 1.72. The SMILES string of the molecule is CC(C)(C)c1nc(C(C)(C)C)c(C(C)(C)C)[n-]1.[Ti]. The first kappa shape index (κ1) is 17.9. The van der Waals surface area contributed by atoms with Crippen LogP contribution in [0.2, 0.25) is 0 Å². The zero-order chi connectivity index (χ0) is 13.6. The minimum absolute atomic E-state index is 0. The molecular formula is C15H27N2Ti-. The molecule has 2 nitrogen and oxygen atoms in total. The van der Waals surface area contributed by atoms with Gasteiger partial charge in [-0.1, -0.05) is 79.5 Å². The number of hydrogen-bond acceptors (Lipinski definition) is 1. The second kappa shape index (κ2) is 5.13. The number of hydrogen-bond donors (Lipinski definition) is 0. The number of rotatable bonds is 0. The Hall–Kier alpha value is -0.0757. The molecule has 0 bridgehead atoms. The molecule has 0 aliphatic heterocycles. The van der Waals surface area contributed by atoms with Gasteiger partial charge in [-0.3, -0.25) is 0 Å². The van der Waals surface area contributed by atoms with E-state index >= 15 is 0 Å². The number of nitrogens with zero attached hydrogens (tertiary/aromatic N) is 2. The predicted molar refractivity (Wildman–Crippen MR) is 73.7 cm³/mol. The van der Waals surface area contributed by atoms with E-state index in [4.69, 9.17) is 9.97 Å². The van der Waals surface area contributed by atoms with Gasteiger partial charge in [0.25, 0.3) is 0 Å². The molecule has 0 unspecified atom stereocenters. The summed E-state index contributed by atoms with van der Waals surface area (Å²) >= 11 is 0. The summed E-state index contributed by atoms with van der Waals surface area (Å²) in [5, 5.41) is 0. The third-order valence-electron chi connectivity index (χ3n) is 2.75. The molecule has 0 spiro atoms. The van der Waals surface area contributed by atoms with Crippen molar-refractivity contribution in [1.29, 1.82) is 0 Å². The van der Waals surface area contributed by atoms with Crippen LogP contribution in [0.5, 0.6) is 0 Å². The molecule has 18 heavy (non-hydrogen) atoms. The van der Waals surface area contributed by atoms with Crippen molar-refractivity contribution in [3.05, 3.63) is 17.2 Å². The zero-order valence-electron chi connectivity index (χ0n) is 13.4. The zero-order valence-corrected chi connectivity index (χ0v) is 15.0. The summed E-state index contributed by atoms with van der Waals surface area (Å²) in [6.07, 6.45) is 0. The van der Waals surface area contributed by atoms with E-state index < -0.39 is 0 Å². The maximum absolute atomic E-state index is 4.81. The summed E-state index contributed by atoms with van der Waals surface area (Å²) in [4.78, 5) is 9.62. The molecule has 1 aromatic heterocycles. The molecule has 0 N–H and O–H groups in total. The molecule has 0 amide bonds. The van der Waals surface area contributed by atoms with Crippen LogP contribution in [0.25, 0.3) is 0 Å². The minimum atomic E-state index is 0. The van der Waals surface area contributed by atoms with Crippen molar-refractivity contribution < 1.29 is 21.7 Å². The van der Waals surface area contributed by atoms with E-state index in [9.17, 15) is 0 Å². The molecule has 0 aromatic carbocycles. The van der Waals surface area contributed by atoms with Crippen molar-refractivity contribution >= 4 is 0 Å². The van der Waals surface area contributed by atoms with Gasteiger partial charge >= 0.3 is 0 Å². The van der Waals surface area contributed by atoms with Gasteiger partial charge in [-0.15, -0.1) is 0 Å². The van der Waals surface area contributed by atoms with Gasteiger partial charge in [0.05, 0.1) is 0 Å². The first-order chi connectivity index (χ1) is 7.33. The Labute approximate surface area is 127 Å². The van der Waals surface area contributed by atoms with Gasteiger partial charge in [0.2, 0.25) is 0 Å². The second-order valence-electron chi connectivity index (χ2n) is 7.99. The van der Waals surface area contributed by atoms with Crippen molar-refractivity contribution in [2.45, 2.75) is 78.6 Å². The van der Waals surface area contributed by atoms with Crippen LogP contribution in [-0.2, 0) is 38.0 Å². The van der Waals surface area contributed by atoms with Gasteiger partial charge in [0, 0.05) is 21.7 Å². The Morgan fingerprint density at radius 2 is 1.17 bits per heavy atom. The van der Waals surface area contributed by atoms with Gasteiger partial charge in [0.1, 0.15) is 0 Å². The summed E-state index contributed by atoms with van der Waals surface area (Å²) in [5.74, 6) is 0.965. The fourth-order valence-electron chi connectivity index (χ4n) is 1.72. The molecular weight excluding hydrogens is 256 g/mol. The molecule has 1 aromatic rings. The Bertz CT molecular complexity index is 366. The van der Waals surface area contributed by atoms with Crippen LogP contribution in [0.4, 0.5) is 0 Å². The quantitative estimate of drug-likeness (QED) is 0.674. The molecule has 1 heterocycles. The van der Waals surface area contributed by atoms with Crippen molar-refractivity contribution in [3.63, 3.8) is 0 Å². The molecule has 0 saturated carbocycles. The summed E-state index contributed by atoms with van der Waals surface area (Å²) in [6, 6.07) is 0. The van der Waals surface area contributed by atoms with Crippen molar-refractivity contribution in [2.24, 2.45) is 0 Å². The normalized spacial score (nSPS) is 13.4. The Kier molecular flexibility index (Phi) is 5.11. The molecule has 0 aliphatic rings. The first-order valence-electron chi connectivity index (χ1n) is 6.39. The summed E-state index contributed by atoms with van der Waals surface area (Å²) in [5.41, 5.74) is 2.42. The molecule has 3 heteroatoms. The molecule has 0 radical (unpaired) electrons. The van der Waals surface area contributed by atoms with Crippen LogP contribution in [0.1, 0.15) is 79.5 Å². The van der Waals surface area contributed by atoms with Crippen LogP contribution >= 0.6 is 0 Å². The van der Waals surface area contributed by atoms with Crippen LogP contribution < -0.4 is 4.98 Å². The summed E-state index contributed by atoms with van der Waals surface area (Å²) in [6.45, 7) is 19.7. The molecule has 1 rings (SSSR count). The maximum Gasteiger partial charge on any atom is 0 e. The number of imidazole rings is 1. The largest absolute Gasteiger partial charge is 0.442 e. The Morgan fingerprint density at radius 1 is 0.722 bits per heavy atom. The van der Waals surface area contributed by atoms with E-state index in [-0.39, 0.29) is 38.0 Å². The minimum Gasteiger partial charge on any atom is -0.442 e. The monoisotopic (exact) mass is 283 g/mol. The maximum atomic E-state index is 4.81. The second-order valence-corrected chi connectivity index (χ2v) is 7.99. The van der Waals surface area contributed by atoms with E-state index in [2.05, 4.69) is 62.3 Å². The average molecular weight is 283 g/mol. The molecule has 0 saturated heterocycles. The average Bonchev–Trinajstić information content (AvgIpc) is 2.42. The molecule has 102 valence electrons. The Balaban J connectivity index is 0.00000289. The standard InChI is InChI=1S/C15H27N2.Ti/c1-13(2,3)10-11(14(4,5)6)17-12(16-10)15(7,8)9;/h1-9H3;/q-1;. The Morgan fingerprint density at radius 3 is 1.39 bits per heavy atom. The van der Waals surface area contributed by atoms with E-state index in [1.807, 2.05) is 0 Å². The smallest absolute Gasteiger partial charge is 0 e. The van der Waals surface area contributed by atoms with Crippen LogP contribution in [0, 0.1) is 0 Å². The van der Waals surface area contributed by atoms with E-state index in [1.165, 1.54) is 0 Å². The van der Waals surface area contributed by atoms with Gasteiger partial charge in [-0.05, 0) is 16.2 Å². The van der Waals surface area contributed by atoms with Gasteiger partial charge in [0.15, 0.2) is 0 Å². The van der Waals surface area contributed by atoms with E-state index in [1.54, 1.807) is 0 Å². The van der Waals surface area contributed by atoms with Gasteiger partial charge in [-0.2, -0.15) is 0 Å². The van der Waals surface area contributed by atoms with Gasteiger partial charge in [-0.25, -0.2) is 0 Å². The van der Waals surface area contributed by atoms with Crippen molar-refractivity contribution in [1.82, 2.24) is 9.97 Å². The van der Waals surface area contributed by atoms with Crippen LogP contribution in [0.15, 0.2) is 0 Å². The van der Waals surface area contributed by atoms with Crippen LogP contribution in [-0.4, -0.2) is 4.98 Å². The van der Waals surface area contributed by atoms with E-state index in [0.29, 0.717) is 0 Å². The molecule has 0 aliphatic carbocycles.